The summed E-state index contributed by atoms with van der Waals surface area (Å²) in [6.45, 7) is 5.82. The zero-order chi connectivity index (χ0) is 14.3. The largest absolute Gasteiger partial charge is 0.508 e. The molecule has 1 N–H and O–H groups in total. The molecule has 2 rings (SSSR count). The van der Waals surface area contributed by atoms with Gasteiger partial charge in [0.1, 0.15) is 5.75 Å². The fourth-order valence-corrected chi connectivity index (χ4v) is 1.76. The smallest absolute Gasteiger partial charge is 0.219 e. The fraction of sp³-hybridized carbons (Fsp3) is 0.429. The van der Waals surface area contributed by atoms with Crippen LogP contribution in [0.2, 0.25) is 0 Å². The number of para-hydroxylation sites is 1. The van der Waals surface area contributed by atoms with E-state index in [1.54, 1.807) is 47.9 Å². The van der Waals surface area contributed by atoms with Crippen LogP contribution in [0.5, 0.6) is 5.75 Å². The van der Waals surface area contributed by atoms with Gasteiger partial charge in [-0.3, -0.25) is 9.59 Å². The number of phenols is 1. The lowest BCUT2D eigenvalue weighted by atomic mass is 10.3. The molecule has 0 aliphatic carbocycles. The summed E-state index contributed by atoms with van der Waals surface area (Å²) in [6, 6.07) is 8.71. The summed E-state index contributed by atoms with van der Waals surface area (Å²) in [5, 5.41) is 8.63. The van der Waals surface area contributed by atoms with Crippen LogP contribution in [0.25, 0.3) is 0 Å². The Morgan fingerprint density at radius 2 is 1.26 bits per heavy atom. The second-order valence-electron chi connectivity index (χ2n) is 4.35. The third-order valence-corrected chi connectivity index (χ3v) is 2.93. The minimum Gasteiger partial charge on any atom is -0.508 e. The molecule has 1 saturated heterocycles. The molecule has 0 unspecified atom stereocenters. The number of amides is 2. The Balaban J connectivity index is 0.000000218. The summed E-state index contributed by atoms with van der Waals surface area (Å²) in [7, 11) is 0. The average molecular weight is 264 g/mol. The van der Waals surface area contributed by atoms with Gasteiger partial charge < -0.3 is 14.9 Å². The van der Waals surface area contributed by atoms with Gasteiger partial charge in [-0.2, -0.15) is 0 Å². The van der Waals surface area contributed by atoms with E-state index in [0.717, 1.165) is 0 Å². The van der Waals surface area contributed by atoms with E-state index >= 15 is 0 Å². The molecular formula is C14H20N2O3. The fourth-order valence-electron chi connectivity index (χ4n) is 1.76. The second-order valence-corrected chi connectivity index (χ2v) is 4.35. The number of aromatic hydroxyl groups is 1. The van der Waals surface area contributed by atoms with Gasteiger partial charge in [-0.25, -0.2) is 0 Å². The number of hydrogen-bond donors (Lipinski definition) is 1. The van der Waals surface area contributed by atoms with Crippen molar-refractivity contribution < 1.29 is 14.7 Å². The van der Waals surface area contributed by atoms with Crippen molar-refractivity contribution in [1.29, 1.82) is 0 Å². The summed E-state index contributed by atoms with van der Waals surface area (Å²) in [5.74, 6) is 0.513. The van der Waals surface area contributed by atoms with Gasteiger partial charge in [0, 0.05) is 40.0 Å². The summed E-state index contributed by atoms with van der Waals surface area (Å²) in [6.07, 6.45) is 0. The number of rotatable bonds is 0. The SMILES string of the molecule is CC(=O)N1CCN(C(C)=O)CC1.Oc1ccccc1. The highest BCUT2D eigenvalue weighted by atomic mass is 16.3. The molecule has 104 valence electrons. The molecule has 0 saturated carbocycles. The molecule has 5 heteroatoms. The highest BCUT2D eigenvalue weighted by Crippen LogP contribution is 2.03. The number of piperazine rings is 1. The molecule has 1 fully saturated rings. The minimum atomic E-state index is 0.0956. The van der Waals surface area contributed by atoms with Gasteiger partial charge in [0.25, 0.3) is 0 Å². The van der Waals surface area contributed by atoms with Gasteiger partial charge >= 0.3 is 0 Å². The third kappa shape index (κ3) is 5.42. The molecule has 0 bridgehead atoms. The molecule has 0 aromatic heterocycles. The van der Waals surface area contributed by atoms with E-state index in [-0.39, 0.29) is 11.8 Å². The first kappa shape index (κ1) is 15.0. The quantitative estimate of drug-likeness (QED) is 0.763. The number of carbonyl (C=O) groups excluding carboxylic acids is 2. The predicted molar refractivity (Wildman–Crippen MR) is 72.6 cm³/mol. The van der Waals surface area contributed by atoms with Crippen LogP contribution >= 0.6 is 0 Å². The molecule has 1 aromatic carbocycles. The van der Waals surface area contributed by atoms with Crippen molar-refractivity contribution in [1.82, 2.24) is 9.80 Å². The number of carbonyl (C=O) groups is 2. The molecule has 0 atom stereocenters. The van der Waals surface area contributed by atoms with E-state index in [4.69, 9.17) is 5.11 Å². The molecule has 1 aliphatic heterocycles. The van der Waals surface area contributed by atoms with Gasteiger partial charge in [0.2, 0.25) is 11.8 Å². The van der Waals surface area contributed by atoms with Crippen LogP contribution in [0.3, 0.4) is 0 Å². The lowest BCUT2D eigenvalue weighted by molar-refractivity contribution is -0.137. The van der Waals surface area contributed by atoms with E-state index in [2.05, 4.69) is 0 Å². The Morgan fingerprint density at radius 3 is 1.47 bits per heavy atom. The van der Waals surface area contributed by atoms with Gasteiger partial charge in [-0.1, -0.05) is 18.2 Å². The lowest BCUT2D eigenvalue weighted by Gasteiger charge is -2.33. The van der Waals surface area contributed by atoms with Crippen LogP contribution in [0.1, 0.15) is 13.8 Å². The highest BCUT2D eigenvalue weighted by molar-refractivity contribution is 5.75. The van der Waals surface area contributed by atoms with Gasteiger partial charge in [-0.05, 0) is 12.1 Å². The maximum absolute atomic E-state index is 10.9. The van der Waals surface area contributed by atoms with E-state index in [1.807, 2.05) is 6.07 Å². The highest BCUT2D eigenvalue weighted by Gasteiger charge is 2.19. The van der Waals surface area contributed by atoms with Crippen molar-refractivity contribution in [3.63, 3.8) is 0 Å². The summed E-state index contributed by atoms with van der Waals surface area (Å²) >= 11 is 0. The topological polar surface area (TPSA) is 60.9 Å². The molecule has 0 radical (unpaired) electrons. The normalized spacial score (nSPS) is 14.4. The summed E-state index contributed by atoms with van der Waals surface area (Å²) in [4.78, 5) is 25.3. The molecule has 0 spiro atoms. The molecule has 1 aromatic rings. The Morgan fingerprint density at radius 1 is 0.895 bits per heavy atom. The van der Waals surface area contributed by atoms with Gasteiger partial charge in [0.05, 0.1) is 0 Å². The number of phenolic OH excluding ortho intramolecular Hbond substituents is 1. The first-order valence-electron chi connectivity index (χ1n) is 6.25. The van der Waals surface area contributed by atoms with Crippen molar-refractivity contribution in [3.8, 4) is 5.75 Å². The second kappa shape index (κ2) is 7.41. The monoisotopic (exact) mass is 264 g/mol. The minimum absolute atomic E-state index is 0.0956. The molecule has 1 heterocycles. The Labute approximate surface area is 113 Å². The molecule has 2 amide bonds. The van der Waals surface area contributed by atoms with Crippen LogP contribution in [0, 0.1) is 0 Å². The maximum Gasteiger partial charge on any atom is 0.219 e. The van der Waals surface area contributed by atoms with Crippen LogP contribution in [0.15, 0.2) is 30.3 Å². The van der Waals surface area contributed by atoms with Crippen molar-refractivity contribution in [3.05, 3.63) is 30.3 Å². The Hall–Kier alpha value is -2.04. The first-order chi connectivity index (χ1) is 9.00. The van der Waals surface area contributed by atoms with E-state index in [1.165, 1.54) is 0 Å². The number of benzene rings is 1. The average Bonchev–Trinajstić information content (AvgIpc) is 2.40. The lowest BCUT2D eigenvalue weighted by Crippen LogP contribution is -2.49. The summed E-state index contributed by atoms with van der Waals surface area (Å²) < 4.78 is 0. The summed E-state index contributed by atoms with van der Waals surface area (Å²) in [5.41, 5.74) is 0. The van der Waals surface area contributed by atoms with Crippen LogP contribution < -0.4 is 0 Å². The first-order valence-corrected chi connectivity index (χ1v) is 6.25. The van der Waals surface area contributed by atoms with Gasteiger partial charge in [-0.15, -0.1) is 0 Å². The Bertz CT molecular complexity index is 390. The number of nitrogens with zero attached hydrogens (tertiary/aromatic N) is 2. The molecule has 5 nitrogen and oxygen atoms in total. The van der Waals surface area contributed by atoms with E-state index in [0.29, 0.717) is 31.9 Å². The molecular weight excluding hydrogens is 244 g/mol. The maximum atomic E-state index is 10.9. The van der Waals surface area contributed by atoms with Crippen molar-refractivity contribution in [2.75, 3.05) is 26.2 Å². The van der Waals surface area contributed by atoms with E-state index in [9.17, 15) is 9.59 Å². The van der Waals surface area contributed by atoms with Crippen molar-refractivity contribution >= 4 is 11.8 Å². The predicted octanol–water partition coefficient (Wildman–Crippen LogP) is 1.09. The van der Waals surface area contributed by atoms with Gasteiger partial charge in [0.15, 0.2) is 0 Å². The van der Waals surface area contributed by atoms with Crippen molar-refractivity contribution in [2.45, 2.75) is 13.8 Å². The van der Waals surface area contributed by atoms with Crippen molar-refractivity contribution in [2.24, 2.45) is 0 Å². The van der Waals surface area contributed by atoms with Crippen LogP contribution in [0.4, 0.5) is 0 Å². The molecule has 1 aliphatic rings. The number of hydrogen-bond acceptors (Lipinski definition) is 3. The standard InChI is InChI=1S/C8H14N2O2.C6H6O/c1-7(11)9-3-5-10(6-4-9)8(2)12;7-6-4-2-1-3-5-6/h3-6H2,1-2H3;1-5,7H. The van der Waals surface area contributed by atoms with Crippen LogP contribution in [-0.2, 0) is 9.59 Å². The zero-order valence-corrected chi connectivity index (χ0v) is 11.4. The third-order valence-electron chi connectivity index (χ3n) is 2.93. The van der Waals surface area contributed by atoms with Crippen LogP contribution in [-0.4, -0.2) is 52.9 Å². The molecule has 19 heavy (non-hydrogen) atoms. The zero-order valence-electron chi connectivity index (χ0n) is 11.4. The Kier molecular flexibility index (Phi) is 5.85. The van der Waals surface area contributed by atoms with E-state index < -0.39 is 0 Å².